The van der Waals surface area contributed by atoms with Gasteiger partial charge in [0.05, 0.1) is 15.9 Å². The fourth-order valence-corrected chi connectivity index (χ4v) is 2.46. The normalized spacial score (nSPS) is 13.0. The Balaban J connectivity index is 3.19. The summed E-state index contributed by atoms with van der Waals surface area (Å²) in [6, 6.07) is 1.20. The lowest BCUT2D eigenvalue weighted by molar-refractivity contribution is -0.387. The van der Waals surface area contributed by atoms with E-state index in [9.17, 15) is 27.7 Å². The van der Waals surface area contributed by atoms with Crippen LogP contribution < -0.4 is 4.72 Å². The first-order valence-electron chi connectivity index (χ1n) is 5.12. The van der Waals surface area contributed by atoms with Gasteiger partial charge in [0.25, 0.3) is 0 Å². The molecule has 0 aliphatic carbocycles. The zero-order valence-electron chi connectivity index (χ0n) is 10.1. The molecule has 0 saturated carbocycles. The Hall–Kier alpha value is -1.87. The minimum Gasteiger partial charge on any atom is -0.298 e. The van der Waals surface area contributed by atoms with Gasteiger partial charge < -0.3 is 0 Å². The number of sulfonamides is 1. The molecule has 0 heterocycles. The molecule has 0 aromatic heterocycles. The minimum absolute atomic E-state index is 0.416. The van der Waals surface area contributed by atoms with Gasteiger partial charge in [0.1, 0.15) is 5.78 Å². The lowest BCUT2D eigenvalue weighted by Crippen LogP contribution is -2.37. The third-order valence-electron chi connectivity index (χ3n) is 2.37. The number of nitrogens with one attached hydrogen (secondary N) is 1. The number of hydrogen-bond acceptors (Lipinski definition) is 5. The third-order valence-corrected chi connectivity index (χ3v) is 3.90. The van der Waals surface area contributed by atoms with Gasteiger partial charge in [-0.15, -0.1) is 0 Å². The number of rotatable bonds is 5. The fraction of sp³-hybridized carbons (Fsp3) is 0.300. The van der Waals surface area contributed by atoms with Crippen molar-refractivity contribution in [3.63, 3.8) is 0 Å². The maximum Gasteiger partial charge on any atom is 0.306 e. The number of nitrogens with zero attached hydrogens (tertiary/aromatic N) is 1. The van der Waals surface area contributed by atoms with Crippen LogP contribution in [0.3, 0.4) is 0 Å². The van der Waals surface area contributed by atoms with Gasteiger partial charge in [0.2, 0.25) is 15.8 Å². The number of hydrogen-bond donors (Lipinski definition) is 1. The van der Waals surface area contributed by atoms with Gasteiger partial charge in [-0.25, -0.2) is 13.1 Å². The van der Waals surface area contributed by atoms with Gasteiger partial charge in [-0.05, 0) is 26.0 Å². The molecule has 1 aromatic carbocycles. The lowest BCUT2D eigenvalue weighted by Gasteiger charge is -2.11. The monoisotopic (exact) mass is 290 g/mol. The van der Waals surface area contributed by atoms with Crippen LogP contribution in [0, 0.1) is 15.9 Å². The maximum absolute atomic E-state index is 13.1. The molecule has 104 valence electrons. The van der Waals surface area contributed by atoms with Crippen molar-refractivity contribution in [2.24, 2.45) is 0 Å². The molecule has 1 N–H and O–H groups in total. The van der Waals surface area contributed by atoms with Gasteiger partial charge in [-0.1, -0.05) is 0 Å². The van der Waals surface area contributed by atoms with E-state index in [1.54, 1.807) is 0 Å². The summed E-state index contributed by atoms with van der Waals surface area (Å²) < 4.78 is 38.8. The average Bonchev–Trinajstić information content (AvgIpc) is 2.27. The molecule has 0 amide bonds. The fourth-order valence-electron chi connectivity index (χ4n) is 1.18. The predicted molar refractivity (Wildman–Crippen MR) is 63.5 cm³/mol. The van der Waals surface area contributed by atoms with Crippen LogP contribution in [0.2, 0.25) is 0 Å². The molecule has 0 spiro atoms. The average molecular weight is 290 g/mol. The molecule has 0 bridgehead atoms. The first-order valence-corrected chi connectivity index (χ1v) is 6.60. The van der Waals surface area contributed by atoms with Crippen LogP contribution in [0.15, 0.2) is 23.1 Å². The second-order valence-electron chi connectivity index (χ2n) is 3.82. The number of carbonyl (C=O) groups excluding carboxylic acids is 1. The smallest absolute Gasteiger partial charge is 0.298 e. The van der Waals surface area contributed by atoms with Crippen LogP contribution in [0.1, 0.15) is 13.8 Å². The van der Waals surface area contributed by atoms with Crippen molar-refractivity contribution < 1.29 is 22.5 Å². The summed E-state index contributed by atoms with van der Waals surface area (Å²) in [4.78, 5) is 20.0. The van der Waals surface area contributed by atoms with E-state index in [1.807, 2.05) is 4.72 Å². The summed E-state index contributed by atoms with van der Waals surface area (Å²) >= 11 is 0. The van der Waals surface area contributed by atoms with E-state index < -0.39 is 43.2 Å². The van der Waals surface area contributed by atoms with Crippen molar-refractivity contribution in [2.75, 3.05) is 0 Å². The summed E-state index contributed by atoms with van der Waals surface area (Å²) in [6.45, 7) is 2.53. The van der Waals surface area contributed by atoms with E-state index in [0.29, 0.717) is 12.1 Å². The van der Waals surface area contributed by atoms with E-state index >= 15 is 0 Å². The molecular weight excluding hydrogens is 279 g/mol. The third kappa shape index (κ3) is 3.55. The molecule has 1 unspecified atom stereocenters. The molecule has 19 heavy (non-hydrogen) atoms. The van der Waals surface area contributed by atoms with Gasteiger partial charge in [-0.2, -0.15) is 4.39 Å². The molecule has 1 rings (SSSR count). The Morgan fingerprint density at radius 1 is 1.47 bits per heavy atom. The minimum atomic E-state index is -4.12. The number of nitro groups is 1. The molecule has 9 heteroatoms. The highest BCUT2D eigenvalue weighted by molar-refractivity contribution is 7.89. The first-order chi connectivity index (χ1) is 8.65. The second kappa shape index (κ2) is 5.41. The van der Waals surface area contributed by atoms with Crippen molar-refractivity contribution in [1.29, 1.82) is 0 Å². The Morgan fingerprint density at radius 2 is 2.05 bits per heavy atom. The van der Waals surface area contributed by atoms with Crippen molar-refractivity contribution in [2.45, 2.75) is 24.8 Å². The van der Waals surface area contributed by atoms with E-state index in [4.69, 9.17) is 0 Å². The van der Waals surface area contributed by atoms with Crippen LogP contribution in [0.5, 0.6) is 0 Å². The van der Waals surface area contributed by atoms with Crippen LogP contribution in [0.25, 0.3) is 0 Å². The quantitative estimate of drug-likeness (QED) is 0.643. The zero-order valence-corrected chi connectivity index (χ0v) is 10.9. The van der Waals surface area contributed by atoms with E-state index in [-0.39, 0.29) is 0 Å². The van der Waals surface area contributed by atoms with Crippen LogP contribution in [-0.2, 0) is 14.8 Å². The Morgan fingerprint density at radius 3 is 2.53 bits per heavy atom. The topological polar surface area (TPSA) is 106 Å². The number of benzene rings is 1. The summed E-state index contributed by atoms with van der Waals surface area (Å²) in [5.41, 5.74) is -0.946. The van der Waals surface area contributed by atoms with Crippen molar-refractivity contribution >= 4 is 21.5 Å². The molecule has 1 aromatic rings. The number of nitro benzene ring substituents is 1. The predicted octanol–water partition coefficient (Wildman–Crippen LogP) is 0.990. The number of ketones is 1. The maximum atomic E-state index is 13.1. The highest BCUT2D eigenvalue weighted by atomic mass is 32.2. The molecule has 0 aliphatic heterocycles. The van der Waals surface area contributed by atoms with E-state index in [1.165, 1.54) is 13.8 Å². The lowest BCUT2D eigenvalue weighted by atomic mass is 10.3. The summed E-state index contributed by atoms with van der Waals surface area (Å²) in [5, 5.41) is 10.5. The summed E-state index contributed by atoms with van der Waals surface area (Å²) in [6.07, 6.45) is 0. The van der Waals surface area contributed by atoms with Crippen molar-refractivity contribution in [3.8, 4) is 0 Å². The van der Waals surface area contributed by atoms with E-state index in [2.05, 4.69) is 0 Å². The zero-order chi connectivity index (χ0) is 14.8. The number of Topliss-reactive ketones (excluding diaryl/α,β-unsaturated/α-hetero) is 1. The standard InChI is InChI=1S/C10H11FN2O5S/c1-6(7(2)14)12-19(17,18)8-3-4-9(11)10(5-8)13(15)16/h3-6,12H,1-2H3. The van der Waals surface area contributed by atoms with Gasteiger partial charge in [-0.3, -0.25) is 14.9 Å². The van der Waals surface area contributed by atoms with Gasteiger partial charge in [0, 0.05) is 6.07 Å². The molecular formula is C10H11FN2O5S. The van der Waals surface area contributed by atoms with Gasteiger partial charge in [0.15, 0.2) is 0 Å². The molecule has 0 saturated heterocycles. The first kappa shape index (κ1) is 15.2. The highest BCUT2D eigenvalue weighted by Crippen LogP contribution is 2.21. The highest BCUT2D eigenvalue weighted by Gasteiger charge is 2.24. The largest absolute Gasteiger partial charge is 0.306 e. The number of halogens is 1. The van der Waals surface area contributed by atoms with Crippen LogP contribution in [-0.4, -0.2) is 25.2 Å². The Kier molecular flexibility index (Phi) is 4.32. The Bertz CT molecular complexity index is 629. The molecule has 7 nitrogen and oxygen atoms in total. The molecule has 0 fully saturated rings. The van der Waals surface area contributed by atoms with Crippen LogP contribution in [0.4, 0.5) is 10.1 Å². The number of carbonyl (C=O) groups is 1. The molecule has 0 aliphatic rings. The molecule has 1 atom stereocenters. The van der Waals surface area contributed by atoms with Crippen LogP contribution >= 0.6 is 0 Å². The van der Waals surface area contributed by atoms with E-state index in [0.717, 1.165) is 6.07 Å². The summed E-state index contributed by atoms with van der Waals surface area (Å²) in [7, 11) is -4.12. The molecule has 0 radical (unpaired) electrons. The Labute approximate surface area is 108 Å². The SMILES string of the molecule is CC(=O)C(C)NS(=O)(=O)c1ccc(F)c([N+](=O)[O-])c1. The summed E-state index contributed by atoms with van der Waals surface area (Å²) in [5.74, 6) is -1.55. The van der Waals surface area contributed by atoms with Crippen molar-refractivity contribution in [3.05, 3.63) is 34.1 Å². The van der Waals surface area contributed by atoms with Gasteiger partial charge >= 0.3 is 5.69 Å². The second-order valence-corrected chi connectivity index (χ2v) is 5.54. The van der Waals surface area contributed by atoms with Crippen molar-refractivity contribution in [1.82, 2.24) is 4.72 Å².